The van der Waals surface area contributed by atoms with Gasteiger partial charge in [0.1, 0.15) is 0 Å². The zero-order chi connectivity index (χ0) is 16.2. The van der Waals surface area contributed by atoms with Gasteiger partial charge < -0.3 is 10.0 Å². The van der Waals surface area contributed by atoms with Crippen LogP contribution in [0.4, 0.5) is 0 Å². The summed E-state index contributed by atoms with van der Waals surface area (Å²) in [7, 11) is 1.77. The van der Waals surface area contributed by atoms with Crippen molar-refractivity contribution in [2.75, 3.05) is 13.7 Å². The highest BCUT2D eigenvalue weighted by molar-refractivity contribution is 5.97. The van der Waals surface area contributed by atoms with Gasteiger partial charge in [0.05, 0.1) is 17.8 Å². The smallest absolute Gasteiger partial charge is 0.254 e. The number of rotatable bonds is 5. The second kappa shape index (κ2) is 6.62. The van der Waals surface area contributed by atoms with Gasteiger partial charge in [-0.25, -0.2) is 0 Å². The van der Waals surface area contributed by atoms with Crippen LogP contribution in [-0.2, 0) is 0 Å². The molecule has 23 heavy (non-hydrogen) atoms. The van der Waals surface area contributed by atoms with Gasteiger partial charge in [-0.05, 0) is 30.2 Å². The Hall–Kier alpha value is -2.66. The topological polar surface area (TPSA) is 69.2 Å². The van der Waals surface area contributed by atoms with E-state index in [9.17, 15) is 9.90 Å². The summed E-state index contributed by atoms with van der Waals surface area (Å²) in [4.78, 5) is 14.5. The minimum atomic E-state index is -0.159. The van der Waals surface area contributed by atoms with Gasteiger partial charge >= 0.3 is 0 Å². The van der Waals surface area contributed by atoms with Gasteiger partial charge in [0.2, 0.25) is 0 Å². The van der Waals surface area contributed by atoms with Gasteiger partial charge in [-0.1, -0.05) is 30.3 Å². The largest absolute Gasteiger partial charge is 0.396 e. The Bertz CT molecular complexity index is 798. The molecule has 3 rings (SSSR count). The molecule has 0 saturated heterocycles. The Labute approximate surface area is 134 Å². The van der Waals surface area contributed by atoms with Crippen molar-refractivity contribution in [3.63, 3.8) is 0 Å². The summed E-state index contributed by atoms with van der Waals surface area (Å²) in [5.74, 6) is -0.0737. The minimum absolute atomic E-state index is 0.0257. The van der Waals surface area contributed by atoms with Crippen LogP contribution in [0.15, 0.2) is 54.7 Å². The van der Waals surface area contributed by atoms with Crippen LogP contribution < -0.4 is 0 Å². The summed E-state index contributed by atoms with van der Waals surface area (Å²) in [6.07, 6.45) is 2.20. The summed E-state index contributed by atoms with van der Waals surface area (Å²) in [6, 6.07) is 15.1. The molecule has 5 heteroatoms. The van der Waals surface area contributed by atoms with Crippen LogP contribution in [-0.4, -0.2) is 39.8 Å². The van der Waals surface area contributed by atoms with E-state index in [1.165, 1.54) is 0 Å². The average molecular weight is 309 g/mol. The number of amides is 1. The van der Waals surface area contributed by atoms with Crippen molar-refractivity contribution in [2.45, 2.75) is 12.5 Å². The Kier molecular flexibility index (Phi) is 4.39. The van der Waals surface area contributed by atoms with Crippen molar-refractivity contribution in [3.05, 3.63) is 65.9 Å². The fourth-order valence-corrected chi connectivity index (χ4v) is 2.80. The molecule has 1 amide bonds. The highest BCUT2D eigenvalue weighted by Crippen LogP contribution is 2.25. The van der Waals surface area contributed by atoms with Gasteiger partial charge in [-0.15, -0.1) is 0 Å². The van der Waals surface area contributed by atoms with Crippen molar-refractivity contribution in [2.24, 2.45) is 0 Å². The molecule has 0 spiro atoms. The zero-order valence-corrected chi connectivity index (χ0v) is 12.9. The third-order valence-electron chi connectivity index (χ3n) is 4.06. The van der Waals surface area contributed by atoms with Gasteiger partial charge in [-0.3, -0.25) is 9.89 Å². The monoisotopic (exact) mass is 309 g/mol. The average Bonchev–Trinajstić information content (AvgIpc) is 3.07. The molecule has 118 valence electrons. The predicted molar refractivity (Wildman–Crippen MR) is 89.1 cm³/mol. The van der Waals surface area contributed by atoms with E-state index >= 15 is 0 Å². The van der Waals surface area contributed by atoms with E-state index in [0.29, 0.717) is 12.0 Å². The number of benzene rings is 2. The standard InChI is InChI=1S/C18H19N3O2/c1-21(17(9-10-22)13-5-3-2-4-6-13)18(23)14-7-8-16-15(11-14)12-19-20-16/h2-8,11-12,17,22H,9-10H2,1H3,(H,19,20). The molecule has 0 fully saturated rings. The summed E-state index contributed by atoms with van der Waals surface area (Å²) < 4.78 is 0. The van der Waals surface area contributed by atoms with Gasteiger partial charge in [0.15, 0.2) is 0 Å². The van der Waals surface area contributed by atoms with Gasteiger partial charge in [0.25, 0.3) is 5.91 Å². The highest BCUT2D eigenvalue weighted by Gasteiger charge is 2.22. The van der Waals surface area contributed by atoms with E-state index in [2.05, 4.69) is 10.2 Å². The molecule has 0 saturated carbocycles. The molecule has 0 aliphatic heterocycles. The molecule has 1 heterocycles. The maximum Gasteiger partial charge on any atom is 0.254 e. The molecule has 0 aliphatic carbocycles. The number of hydrogen-bond donors (Lipinski definition) is 2. The fraction of sp³-hybridized carbons (Fsp3) is 0.222. The third-order valence-corrected chi connectivity index (χ3v) is 4.06. The van der Waals surface area contributed by atoms with Gasteiger partial charge in [-0.2, -0.15) is 5.10 Å². The SMILES string of the molecule is CN(C(=O)c1ccc2[nH]ncc2c1)C(CCO)c1ccccc1. The van der Waals surface area contributed by atoms with Crippen molar-refractivity contribution in [3.8, 4) is 0 Å². The van der Waals surface area contributed by atoms with Crippen LogP contribution in [0.2, 0.25) is 0 Å². The molecule has 3 aromatic rings. The second-order valence-electron chi connectivity index (χ2n) is 5.53. The molecule has 1 aromatic heterocycles. The molecule has 1 unspecified atom stereocenters. The number of aromatic amines is 1. The lowest BCUT2D eigenvalue weighted by Crippen LogP contribution is -2.31. The Morgan fingerprint density at radius 2 is 2.04 bits per heavy atom. The highest BCUT2D eigenvalue weighted by atomic mass is 16.3. The number of fused-ring (bicyclic) bond motifs is 1. The first-order valence-electron chi connectivity index (χ1n) is 7.57. The van der Waals surface area contributed by atoms with E-state index in [1.807, 2.05) is 42.5 Å². The van der Waals surface area contributed by atoms with Crippen LogP contribution in [0, 0.1) is 0 Å². The van der Waals surface area contributed by atoms with Crippen LogP contribution in [0.1, 0.15) is 28.4 Å². The normalized spacial score (nSPS) is 12.3. The van der Waals surface area contributed by atoms with Crippen molar-refractivity contribution in [1.82, 2.24) is 15.1 Å². The van der Waals surface area contributed by atoms with E-state index in [1.54, 1.807) is 24.2 Å². The minimum Gasteiger partial charge on any atom is -0.396 e. The van der Waals surface area contributed by atoms with Crippen molar-refractivity contribution >= 4 is 16.8 Å². The fourth-order valence-electron chi connectivity index (χ4n) is 2.80. The number of hydrogen-bond acceptors (Lipinski definition) is 3. The molecule has 2 aromatic carbocycles. The quantitative estimate of drug-likeness (QED) is 0.761. The third kappa shape index (κ3) is 3.10. The number of H-pyrrole nitrogens is 1. The summed E-state index contributed by atoms with van der Waals surface area (Å²) >= 11 is 0. The van der Waals surface area contributed by atoms with E-state index in [0.717, 1.165) is 16.5 Å². The number of carbonyl (C=O) groups is 1. The Morgan fingerprint density at radius 3 is 2.78 bits per heavy atom. The number of aromatic nitrogens is 2. The van der Waals surface area contributed by atoms with E-state index in [-0.39, 0.29) is 18.6 Å². The molecule has 0 aliphatic rings. The lowest BCUT2D eigenvalue weighted by molar-refractivity contribution is 0.0705. The molecule has 2 N–H and O–H groups in total. The molecule has 0 bridgehead atoms. The van der Waals surface area contributed by atoms with E-state index < -0.39 is 0 Å². The van der Waals surface area contributed by atoms with Crippen LogP contribution in [0.25, 0.3) is 10.9 Å². The maximum absolute atomic E-state index is 12.8. The number of aliphatic hydroxyl groups is 1. The lowest BCUT2D eigenvalue weighted by Gasteiger charge is -2.28. The predicted octanol–water partition coefficient (Wildman–Crippen LogP) is 2.76. The lowest BCUT2D eigenvalue weighted by atomic mass is 10.0. The first kappa shape index (κ1) is 15.2. The molecule has 1 atom stereocenters. The summed E-state index contributed by atoms with van der Waals surface area (Å²) in [6.45, 7) is 0.0257. The Morgan fingerprint density at radius 1 is 1.26 bits per heavy atom. The van der Waals surface area contributed by atoms with Crippen LogP contribution >= 0.6 is 0 Å². The first-order valence-corrected chi connectivity index (χ1v) is 7.57. The maximum atomic E-state index is 12.8. The van der Waals surface area contributed by atoms with Crippen molar-refractivity contribution in [1.29, 1.82) is 0 Å². The number of aliphatic hydroxyl groups excluding tert-OH is 1. The number of nitrogens with one attached hydrogen (secondary N) is 1. The van der Waals surface area contributed by atoms with E-state index in [4.69, 9.17) is 0 Å². The molecular formula is C18H19N3O2. The van der Waals surface area contributed by atoms with Crippen molar-refractivity contribution < 1.29 is 9.90 Å². The summed E-state index contributed by atoms with van der Waals surface area (Å²) in [5, 5.41) is 17.1. The second-order valence-corrected chi connectivity index (χ2v) is 5.53. The first-order chi connectivity index (χ1) is 11.2. The zero-order valence-electron chi connectivity index (χ0n) is 12.9. The molecule has 5 nitrogen and oxygen atoms in total. The summed E-state index contributed by atoms with van der Waals surface area (Å²) in [5.41, 5.74) is 2.53. The number of nitrogens with zero attached hydrogens (tertiary/aromatic N) is 2. The van der Waals surface area contributed by atoms with Crippen LogP contribution in [0.3, 0.4) is 0 Å². The molecule has 0 radical (unpaired) electrons. The Balaban J connectivity index is 1.89. The van der Waals surface area contributed by atoms with Gasteiger partial charge in [0, 0.05) is 24.6 Å². The van der Waals surface area contributed by atoms with Crippen LogP contribution in [0.5, 0.6) is 0 Å². The number of carbonyl (C=O) groups excluding carboxylic acids is 1. The molecular weight excluding hydrogens is 290 g/mol.